The second-order valence-corrected chi connectivity index (χ2v) is 7.78. The Hall–Kier alpha value is -2.06. The Balaban J connectivity index is 1.46. The maximum absolute atomic E-state index is 5.58. The van der Waals surface area contributed by atoms with Gasteiger partial charge in [0.15, 0.2) is 16.7 Å². The number of nitrogens with zero attached hydrogens (tertiary/aromatic N) is 4. The summed E-state index contributed by atoms with van der Waals surface area (Å²) in [5, 5.41) is 12.3. The summed E-state index contributed by atoms with van der Waals surface area (Å²) in [6, 6.07) is 6.53. The molecule has 1 aromatic carbocycles. The van der Waals surface area contributed by atoms with Crippen molar-refractivity contribution < 1.29 is 9.47 Å². The molecule has 0 bridgehead atoms. The molecule has 1 saturated carbocycles. The number of hydrogen-bond donors (Lipinski definition) is 0. The molecule has 0 unspecified atom stereocenters. The summed E-state index contributed by atoms with van der Waals surface area (Å²) in [6.45, 7) is 2.57. The summed E-state index contributed by atoms with van der Waals surface area (Å²) >= 11 is 3.33. The van der Waals surface area contributed by atoms with Crippen LogP contribution < -0.4 is 9.47 Å². The van der Waals surface area contributed by atoms with E-state index in [9.17, 15) is 0 Å². The van der Waals surface area contributed by atoms with Gasteiger partial charge in [-0.25, -0.2) is 4.98 Å². The Morgan fingerprint density at radius 2 is 2.19 bits per heavy atom. The average molecular weight is 389 g/mol. The molecule has 0 amide bonds. The Labute approximate surface area is 160 Å². The van der Waals surface area contributed by atoms with Crippen molar-refractivity contribution in [3.05, 3.63) is 35.6 Å². The molecule has 8 heteroatoms. The third-order valence-corrected chi connectivity index (χ3v) is 6.02. The van der Waals surface area contributed by atoms with Crippen molar-refractivity contribution in [3.8, 4) is 22.1 Å². The number of hydrogen-bond acceptors (Lipinski definition) is 7. The molecule has 1 aliphatic carbocycles. The second kappa shape index (κ2) is 7.67. The molecule has 0 radical (unpaired) electrons. The van der Waals surface area contributed by atoms with Crippen LogP contribution in [0.2, 0.25) is 0 Å². The predicted octanol–water partition coefficient (Wildman–Crippen LogP) is 4.44. The minimum absolute atomic E-state index is 0.592. The summed E-state index contributed by atoms with van der Waals surface area (Å²) in [7, 11) is 1.65. The lowest BCUT2D eigenvalue weighted by molar-refractivity contribution is 0.311. The molecule has 0 atom stereocenters. The Morgan fingerprint density at radius 3 is 2.96 bits per heavy atom. The van der Waals surface area contributed by atoms with Crippen molar-refractivity contribution in [2.75, 3.05) is 13.7 Å². The Bertz CT molecular complexity index is 889. The summed E-state index contributed by atoms with van der Waals surface area (Å²) in [4.78, 5) is 4.77. The van der Waals surface area contributed by atoms with Gasteiger partial charge in [0.2, 0.25) is 0 Å². The molecule has 136 valence electrons. The molecule has 0 N–H and O–H groups in total. The normalized spacial score (nSPS) is 13.8. The summed E-state index contributed by atoms with van der Waals surface area (Å²) in [5.41, 5.74) is 2.08. The fourth-order valence-corrected chi connectivity index (χ4v) is 4.46. The van der Waals surface area contributed by atoms with Gasteiger partial charge in [-0.1, -0.05) is 11.8 Å². The molecule has 26 heavy (non-hydrogen) atoms. The number of thiazole rings is 1. The summed E-state index contributed by atoms with van der Waals surface area (Å²) in [5.74, 6) is 2.27. The highest BCUT2D eigenvalue weighted by molar-refractivity contribution is 7.98. The van der Waals surface area contributed by atoms with E-state index in [0.717, 1.165) is 38.7 Å². The molecular weight excluding hydrogens is 368 g/mol. The van der Waals surface area contributed by atoms with Gasteiger partial charge in [-0.3, -0.25) is 0 Å². The van der Waals surface area contributed by atoms with Crippen LogP contribution >= 0.6 is 23.1 Å². The van der Waals surface area contributed by atoms with E-state index in [2.05, 4.69) is 20.1 Å². The monoisotopic (exact) mass is 388 g/mol. The number of ether oxygens (including phenoxy) is 2. The van der Waals surface area contributed by atoms with Gasteiger partial charge in [-0.15, -0.1) is 21.5 Å². The van der Waals surface area contributed by atoms with Gasteiger partial charge in [0.25, 0.3) is 0 Å². The first-order valence-electron chi connectivity index (χ1n) is 8.56. The van der Waals surface area contributed by atoms with Crippen molar-refractivity contribution in [1.82, 2.24) is 19.7 Å². The number of benzene rings is 1. The van der Waals surface area contributed by atoms with Gasteiger partial charge in [-0.2, -0.15) is 0 Å². The predicted molar refractivity (Wildman–Crippen MR) is 103 cm³/mol. The van der Waals surface area contributed by atoms with Crippen LogP contribution in [0.1, 0.15) is 31.5 Å². The number of aromatic nitrogens is 4. The van der Waals surface area contributed by atoms with E-state index in [4.69, 9.17) is 14.5 Å². The minimum Gasteiger partial charge on any atom is -0.493 e. The molecule has 2 aromatic heterocycles. The molecular formula is C18H20N4O2S2. The van der Waals surface area contributed by atoms with Crippen molar-refractivity contribution in [3.63, 3.8) is 0 Å². The fraction of sp³-hybridized carbons (Fsp3) is 0.389. The van der Waals surface area contributed by atoms with Gasteiger partial charge in [0, 0.05) is 22.7 Å². The molecule has 1 fully saturated rings. The third kappa shape index (κ3) is 3.71. The third-order valence-electron chi connectivity index (χ3n) is 4.09. The largest absolute Gasteiger partial charge is 0.493 e. The maximum Gasteiger partial charge on any atom is 0.191 e. The van der Waals surface area contributed by atoms with Crippen molar-refractivity contribution in [2.24, 2.45) is 0 Å². The van der Waals surface area contributed by atoms with Gasteiger partial charge in [0.05, 0.1) is 19.4 Å². The lowest BCUT2D eigenvalue weighted by Gasteiger charge is -2.09. The zero-order valence-corrected chi connectivity index (χ0v) is 16.3. The first kappa shape index (κ1) is 17.4. The standard InChI is InChI=1S/C18H20N4O2S2/c1-3-24-15-7-4-12(8-16(15)23-2)17-20-13(9-25-17)10-26-18-21-19-11-22(18)14-5-6-14/h4,7-9,11,14H,3,5-6,10H2,1-2H3. The van der Waals surface area contributed by atoms with Crippen LogP contribution in [0.25, 0.3) is 10.6 Å². The first-order chi connectivity index (χ1) is 12.8. The van der Waals surface area contributed by atoms with Crippen molar-refractivity contribution in [2.45, 2.75) is 36.7 Å². The topological polar surface area (TPSA) is 62.1 Å². The zero-order valence-electron chi connectivity index (χ0n) is 14.7. The molecule has 6 nitrogen and oxygen atoms in total. The lowest BCUT2D eigenvalue weighted by atomic mass is 10.2. The fourth-order valence-electron chi connectivity index (χ4n) is 2.66. The Morgan fingerprint density at radius 1 is 1.31 bits per heavy atom. The minimum atomic E-state index is 0.592. The van der Waals surface area contributed by atoms with Gasteiger partial charge in [0.1, 0.15) is 11.3 Å². The zero-order chi connectivity index (χ0) is 17.9. The van der Waals surface area contributed by atoms with E-state index in [1.54, 1.807) is 30.2 Å². The highest BCUT2D eigenvalue weighted by Crippen LogP contribution is 2.38. The van der Waals surface area contributed by atoms with Crippen LogP contribution in [-0.4, -0.2) is 33.5 Å². The lowest BCUT2D eigenvalue weighted by Crippen LogP contribution is -1.95. The quantitative estimate of drug-likeness (QED) is 0.532. The van der Waals surface area contributed by atoms with Crippen molar-refractivity contribution in [1.29, 1.82) is 0 Å². The smallest absolute Gasteiger partial charge is 0.191 e. The van der Waals surface area contributed by atoms with E-state index in [1.807, 2.05) is 31.5 Å². The molecule has 0 saturated heterocycles. The van der Waals surface area contributed by atoms with E-state index in [0.29, 0.717) is 12.6 Å². The van der Waals surface area contributed by atoms with Gasteiger partial charge in [-0.05, 0) is 38.0 Å². The number of thioether (sulfide) groups is 1. The number of rotatable bonds is 8. The molecule has 0 aliphatic heterocycles. The van der Waals surface area contributed by atoms with Crippen LogP contribution in [0.5, 0.6) is 11.5 Å². The first-order valence-corrected chi connectivity index (χ1v) is 10.4. The second-order valence-electron chi connectivity index (χ2n) is 5.98. The highest BCUT2D eigenvalue weighted by Gasteiger charge is 2.26. The van der Waals surface area contributed by atoms with Crippen LogP contribution in [0.4, 0.5) is 0 Å². The van der Waals surface area contributed by atoms with E-state index in [1.165, 1.54) is 12.8 Å². The van der Waals surface area contributed by atoms with Gasteiger partial charge >= 0.3 is 0 Å². The summed E-state index contributed by atoms with van der Waals surface area (Å²) < 4.78 is 13.2. The maximum atomic E-state index is 5.58. The molecule has 2 heterocycles. The molecule has 1 aliphatic rings. The highest BCUT2D eigenvalue weighted by atomic mass is 32.2. The van der Waals surface area contributed by atoms with Crippen LogP contribution in [0.3, 0.4) is 0 Å². The van der Waals surface area contributed by atoms with E-state index >= 15 is 0 Å². The van der Waals surface area contributed by atoms with E-state index < -0.39 is 0 Å². The summed E-state index contributed by atoms with van der Waals surface area (Å²) in [6.07, 6.45) is 4.29. The number of methoxy groups -OCH3 is 1. The molecule has 3 aromatic rings. The van der Waals surface area contributed by atoms with Crippen LogP contribution in [-0.2, 0) is 5.75 Å². The van der Waals surface area contributed by atoms with Crippen LogP contribution in [0, 0.1) is 0 Å². The molecule has 0 spiro atoms. The van der Waals surface area contributed by atoms with Crippen LogP contribution in [0.15, 0.2) is 35.1 Å². The SMILES string of the molecule is CCOc1ccc(-c2nc(CSc3nncn3C3CC3)cs2)cc1OC. The molecule has 4 rings (SSSR count). The Kier molecular flexibility index (Phi) is 5.12. The van der Waals surface area contributed by atoms with Gasteiger partial charge < -0.3 is 14.0 Å². The van der Waals surface area contributed by atoms with E-state index in [-0.39, 0.29) is 0 Å². The average Bonchev–Trinajstić information content (AvgIpc) is 3.21. The van der Waals surface area contributed by atoms with Crippen molar-refractivity contribution >= 4 is 23.1 Å².